The molecule has 0 fully saturated rings. The SMILES string of the molecule is O=c1c(-c2ccccc2)c(-c2ccccc2)c2c(c3ccccc3n2-c2ccccc2)n1-c1cccc(-c2nc(-c3ccccc3)nc(-c3ccccc3)n2)c1. The van der Waals surface area contributed by atoms with Crippen molar-refractivity contribution in [2.75, 3.05) is 0 Å². The number of rotatable bonds is 7. The van der Waals surface area contributed by atoms with Crippen molar-refractivity contribution in [3.8, 4) is 67.8 Å². The Labute approximate surface area is 323 Å². The van der Waals surface area contributed by atoms with Crippen LogP contribution < -0.4 is 5.56 Å². The second kappa shape index (κ2) is 13.9. The summed E-state index contributed by atoms with van der Waals surface area (Å²) >= 11 is 0. The van der Waals surface area contributed by atoms with E-state index in [-0.39, 0.29) is 5.56 Å². The fourth-order valence-electron chi connectivity index (χ4n) is 7.69. The number of nitrogens with zero attached hydrogens (tertiary/aromatic N) is 5. The summed E-state index contributed by atoms with van der Waals surface area (Å²) in [4.78, 5) is 30.5. The fraction of sp³-hybridized carbons (Fsp3) is 0. The predicted octanol–water partition coefficient (Wildman–Crippen LogP) is 11.5. The number of pyridine rings is 1. The van der Waals surface area contributed by atoms with Gasteiger partial charge >= 0.3 is 0 Å². The average Bonchev–Trinajstić information content (AvgIpc) is 3.62. The highest BCUT2D eigenvalue weighted by Gasteiger charge is 2.27. The fourth-order valence-corrected chi connectivity index (χ4v) is 7.69. The van der Waals surface area contributed by atoms with E-state index in [0.717, 1.165) is 61.0 Å². The number of para-hydroxylation sites is 2. The molecule has 10 rings (SSSR count). The zero-order chi connectivity index (χ0) is 37.4. The van der Waals surface area contributed by atoms with Crippen molar-refractivity contribution in [1.29, 1.82) is 0 Å². The summed E-state index contributed by atoms with van der Waals surface area (Å²) in [6.45, 7) is 0. The smallest absolute Gasteiger partial charge is 0.264 e. The normalized spacial score (nSPS) is 11.3. The van der Waals surface area contributed by atoms with Gasteiger partial charge in [0.15, 0.2) is 17.5 Å². The van der Waals surface area contributed by atoms with Crippen LogP contribution in [0.2, 0.25) is 0 Å². The van der Waals surface area contributed by atoms with Crippen molar-refractivity contribution in [1.82, 2.24) is 24.1 Å². The first kappa shape index (κ1) is 32.9. The van der Waals surface area contributed by atoms with Crippen molar-refractivity contribution in [3.63, 3.8) is 0 Å². The van der Waals surface area contributed by atoms with Crippen molar-refractivity contribution in [3.05, 3.63) is 211 Å². The molecule has 6 heteroatoms. The third-order valence-corrected chi connectivity index (χ3v) is 10.2. The van der Waals surface area contributed by atoms with Crippen molar-refractivity contribution in [2.45, 2.75) is 0 Å². The Morgan fingerprint density at radius 2 is 0.768 bits per heavy atom. The highest BCUT2D eigenvalue weighted by molar-refractivity contribution is 6.15. The standard InChI is InChI=1S/C50H33N5O/c56-50-44(35-21-8-2-9-22-35)43(34-19-6-1-7-20-34)46-45(41-31-16-17-32-42(41)54(46)39-28-14-5-15-29-39)55(50)40-30-18-27-38(33-40)49-52-47(36-23-10-3-11-24-36)51-48(53-49)37-25-12-4-13-26-37/h1-33H. The van der Waals surface area contributed by atoms with Crippen LogP contribution in [0.5, 0.6) is 0 Å². The Hall–Kier alpha value is -7.70. The molecule has 0 amide bonds. The highest BCUT2D eigenvalue weighted by atomic mass is 16.1. The van der Waals surface area contributed by atoms with Gasteiger partial charge in [-0.25, -0.2) is 15.0 Å². The Morgan fingerprint density at radius 3 is 1.34 bits per heavy atom. The van der Waals surface area contributed by atoms with Crippen molar-refractivity contribution >= 4 is 21.9 Å². The van der Waals surface area contributed by atoms with Crippen LogP contribution in [-0.2, 0) is 0 Å². The van der Waals surface area contributed by atoms with Crippen LogP contribution in [0.15, 0.2) is 205 Å². The van der Waals surface area contributed by atoms with E-state index in [1.165, 1.54) is 0 Å². The van der Waals surface area contributed by atoms with Gasteiger partial charge in [0.2, 0.25) is 0 Å². The molecule has 0 unspecified atom stereocenters. The molecule has 3 heterocycles. The molecule has 10 aromatic rings. The molecule has 0 saturated heterocycles. The highest BCUT2D eigenvalue weighted by Crippen LogP contribution is 2.42. The maximum Gasteiger partial charge on any atom is 0.264 e. The molecule has 0 aliphatic heterocycles. The lowest BCUT2D eigenvalue weighted by Gasteiger charge is -2.19. The maximum absolute atomic E-state index is 15.6. The van der Waals surface area contributed by atoms with Crippen molar-refractivity contribution < 1.29 is 0 Å². The quantitative estimate of drug-likeness (QED) is 0.164. The van der Waals surface area contributed by atoms with Crippen LogP contribution in [0.4, 0.5) is 0 Å². The van der Waals surface area contributed by atoms with E-state index in [2.05, 4.69) is 59.2 Å². The summed E-state index contributed by atoms with van der Waals surface area (Å²) in [6.07, 6.45) is 0. The van der Waals surface area contributed by atoms with Gasteiger partial charge in [0, 0.05) is 33.3 Å². The third-order valence-electron chi connectivity index (χ3n) is 10.2. The molecule has 0 bridgehead atoms. The van der Waals surface area contributed by atoms with Crippen LogP contribution >= 0.6 is 0 Å². The lowest BCUT2D eigenvalue weighted by atomic mass is 9.94. The molecule has 0 aliphatic rings. The zero-order valence-corrected chi connectivity index (χ0v) is 30.2. The van der Waals surface area contributed by atoms with Gasteiger partial charge in [-0.3, -0.25) is 9.36 Å². The van der Waals surface area contributed by atoms with Gasteiger partial charge in [-0.15, -0.1) is 0 Å². The zero-order valence-electron chi connectivity index (χ0n) is 30.2. The number of benzene rings is 7. The van der Waals surface area contributed by atoms with E-state index in [9.17, 15) is 0 Å². The van der Waals surface area contributed by atoms with Crippen LogP contribution in [0.3, 0.4) is 0 Å². The van der Waals surface area contributed by atoms with Crippen LogP contribution in [0, 0.1) is 0 Å². The Balaban J connectivity index is 1.32. The van der Waals surface area contributed by atoms with E-state index in [1.54, 1.807) is 0 Å². The van der Waals surface area contributed by atoms with Crippen molar-refractivity contribution in [2.24, 2.45) is 0 Å². The summed E-state index contributed by atoms with van der Waals surface area (Å²) in [5.41, 5.74) is 10.2. The monoisotopic (exact) mass is 719 g/mol. The summed E-state index contributed by atoms with van der Waals surface area (Å²) in [7, 11) is 0. The van der Waals surface area contributed by atoms with Gasteiger partial charge in [-0.05, 0) is 41.5 Å². The molecule has 0 N–H and O–H groups in total. The molecular formula is C50H33N5O. The maximum atomic E-state index is 15.6. The number of fused-ring (bicyclic) bond motifs is 3. The molecule has 3 aromatic heterocycles. The molecular weight excluding hydrogens is 687 g/mol. The number of aromatic nitrogens is 5. The molecule has 0 radical (unpaired) electrons. The Morgan fingerprint density at radius 1 is 0.339 bits per heavy atom. The predicted molar refractivity (Wildman–Crippen MR) is 227 cm³/mol. The van der Waals surface area contributed by atoms with E-state index in [4.69, 9.17) is 15.0 Å². The van der Waals surface area contributed by atoms with E-state index < -0.39 is 0 Å². The van der Waals surface area contributed by atoms with Gasteiger partial charge in [0.1, 0.15) is 0 Å². The first-order valence-electron chi connectivity index (χ1n) is 18.6. The molecule has 0 atom stereocenters. The van der Waals surface area contributed by atoms with Gasteiger partial charge in [-0.1, -0.05) is 170 Å². The van der Waals surface area contributed by atoms with Gasteiger partial charge < -0.3 is 4.57 Å². The van der Waals surface area contributed by atoms with E-state index in [0.29, 0.717) is 28.7 Å². The molecule has 7 aromatic carbocycles. The lowest BCUT2D eigenvalue weighted by Crippen LogP contribution is -2.22. The third kappa shape index (κ3) is 5.68. The van der Waals surface area contributed by atoms with E-state index >= 15 is 4.79 Å². The van der Waals surface area contributed by atoms with Gasteiger partial charge in [0.05, 0.1) is 27.8 Å². The Bertz CT molecular complexity index is 3010. The first-order valence-corrected chi connectivity index (χ1v) is 18.6. The molecule has 56 heavy (non-hydrogen) atoms. The lowest BCUT2D eigenvalue weighted by molar-refractivity contribution is 1.04. The molecule has 0 saturated carbocycles. The summed E-state index contributed by atoms with van der Waals surface area (Å²) in [5, 5.41) is 0.962. The minimum atomic E-state index is -0.124. The van der Waals surface area contributed by atoms with Gasteiger partial charge in [0.25, 0.3) is 5.56 Å². The summed E-state index contributed by atoms with van der Waals surface area (Å²) in [6, 6.07) is 66.8. The molecule has 264 valence electrons. The van der Waals surface area contributed by atoms with Gasteiger partial charge in [-0.2, -0.15) is 0 Å². The van der Waals surface area contributed by atoms with E-state index in [1.807, 2.05) is 150 Å². The second-order valence-electron chi connectivity index (χ2n) is 13.6. The minimum absolute atomic E-state index is 0.124. The second-order valence-corrected chi connectivity index (χ2v) is 13.6. The first-order chi connectivity index (χ1) is 27.7. The summed E-state index contributed by atoms with van der Waals surface area (Å²) in [5.74, 6) is 1.66. The van der Waals surface area contributed by atoms with Crippen LogP contribution in [-0.4, -0.2) is 24.1 Å². The number of hydrogen-bond acceptors (Lipinski definition) is 4. The average molecular weight is 720 g/mol. The largest absolute Gasteiger partial charge is 0.307 e. The number of hydrogen-bond donors (Lipinski definition) is 0. The molecule has 0 aliphatic carbocycles. The topological polar surface area (TPSA) is 65.6 Å². The molecule has 6 nitrogen and oxygen atoms in total. The Kier molecular flexibility index (Phi) is 8.19. The van der Waals surface area contributed by atoms with Crippen LogP contribution in [0.1, 0.15) is 0 Å². The van der Waals surface area contributed by atoms with Crippen LogP contribution in [0.25, 0.3) is 89.7 Å². The minimum Gasteiger partial charge on any atom is -0.307 e. The summed E-state index contributed by atoms with van der Waals surface area (Å²) < 4.78 is 4.18. The molecule has 0 spiro atoms.